The summed E-state index contributed by atoms with van der Waals surface area (Å²) in [7, 11) is 1.93. The van der Waals surface area contributed by atoms with Crippen molar-refractivity contribution < 1.29 is 4.92 Å². The van der Waals surface area contributed by atoms with Crippen molar-refractivity contribution in [1.82, 2.24) is 9.55 Å². The Kier molecular flexibility index (Phi) is 4.35. The van der Waals surface area contributed by atoms with E-state index in [1.54, 1.807) is 18.3 Å². The number of nitro groups is 1. The van der Waals surface area contributed by atoms with Gasteiger partial charge in [-0.05, 0) is 34.7 Å². The van der Waals surface area contributed by atoms with Crippen molar-refractivity contribution in [3.8, 4) is 0 Å². The Morgan fingerprint density at radius 3 is 2.95 bits per heavy atom. The molecule has 0 bridgehead atoms. The van der Waals surface area contributed by atoms with Crippen molar-refractivity contribution in [2.75, 3.05) is 11.9 Å². The van der Waals surface area contributed by atoms with Crippen LogP contribution in [-0.4, -0.2) is 21.0 Å². The molecule has 2 rings (SSSR count). The first-order valence-electron chi connectivity index (χ1n) is 5.72. The molecule has 1 aromatic heterocycles. The largest absolute Gasteiger partial charge is 0.379 e. The molecule has 0 aliphatic heterocycles. The predicted molar refractivity (Wildman–Crippen MR) is 81.2 cm³/mol. The summed E-state index contributed by atoms with van der Waals surface area (Å²) in [6.07, 6.45) is 4.33. The van der Waals surface area contributed by atoms with Gasteiger partial charge in [0, 0.05) is 42.0 Å². The van der Waals surface area contributed by atoms with Gasteiger partial charge in [-0.25, -0.2) is 4.98 Å². The van der Waals surface area contributed by atoms with Gasteiger partial charge in [0.25, 0.3) is 5.69 Å². The number of anilines is 1. The lowest BCUT2D eigenvalue weighted by atomic mass is 10.2. The van der Waals surface area contributed by atoms with Crippen LogP contribution >= 0.6 is 22.6 Å². The third-order valence-corrected chi connectivity index (χ3v) is 3.41. The topological polar surface area (TPSA) is 73.0 Å². The first-order valence-corrected chi connectivity index (χ1v) is 6.80. The normalized spacial score (nSPS) is 10.4. The zero-order chi connectivity index (χ0) is 13.8. The molecule has 6 nitrogen and oxygen atoms in total. The summed E-state index contributed by atoms with van der Waals surface area (Å²) in [4.78, 5) is 14.8. The number of rotatable bonds is 5. The molecule has 0 radical (unpaired) electrons. The van der Waals surface area contributed by atoms with E-state index in [1.165, 1.54) is 0 Å². The number of benzene rings is 1. The molecule has 0 spiro atoms. The third kappa shape index (κ3) is 3.43. The van der Waals surface area contributed by atoms with Gasteiger partial charge in [0.1, 0.15) is 11.5 Å². The number of nitro benzene ring substituents is 1. The number of imidazole rings is 1. The van der Waals surface area contributed by atoms with Crippen LogP contribution in [0.3, 0.4) is 0 Å². The molecular weight excluding hydrogens is 359 g/mol. The van der Waals surface area contributed by atoms with Crippen molar-refractivity contribution in [3.05, 3.63) is 50.1 Å². The molecule has 0 atom stereocenters. The highest BCUT2D eigenvalue weighted by molar-refractivity contribution is 14.1. The maximum atomic E-state index is 11.0. The summed E-state index contributed by atoms with van der Waals surface area (Å²) >= 11 is 2.06. The fourth-order valence-corrected chi connectivity index (χ4v) is 2.23. The lowest BCUT2D eigenvalue weighted by molar-refractivity contribution is -0.384. The molecule has 7 heteroatoms. The van der Waals surface area contributed by atoms with E-state index in [2.05, 4.69) is 32.9 Å². The molecule has 0 saturated heterocycles. The van der Waals surface area contributed by atoms with Gasteiger partial charge in [-0.2, -0.15) is 0 Å². The molecule has 100 valence electrons. The van der Waals surface area contributed by atoms with Crippen LogP contribution in [0.2, 0.25) is 0 Å². The molecule has 0 unspecified atom stereocenters. The quantitative estimate of drug-likeness (QED) is 0.498. The van der Waals surface area contributed by atoms with Gasteiger partial charge in [-0.1, -0.05) is 0 Å². The van der Waals surface area contributed by atoms with Crippen molar-refractivity contribution in [1.29, 1.82) is 0 Å². The maximum absolute atomic E-state index is 11.0. The van der Waals surface area contributed by atoms with E-state index in [4.69, 9.17) is 0 Å². The zero-order valence-corrected chi connectivity index (χ0v) is 12.5. The fourth-order valence-electron chi connectivity index (χ4n) is 1.75. The van der Waals surface area contributed by atoms with E-state index in [9.17, 15) is 10.1 Å². The highest BCUT2D eigenvalue weighted by atomic mass is 127. The zero-order valence-electron chi connectivity index (χ0n) is 10.3. The second kappa shape index (κ2) is 6.00. The lowest BCUT2D eigenvalue weighted by Gasteiger charge is -2.07. The van der Waals surface area contributed by atoms with E-state index in [1.807, 2.05) is 23.9 Å². The number of halogens is 1. The van der Waals surface area contributed by atoms with Crippen LogP contribution in [0.5, 0.6) is 0 Å². The van der Waals surface area contributed by atoms with E-state index in [0.29, 0.717) is 18.7 Å². The first kappa shape index (κ1) is 13.8. The van der Waals surface area contributed by atoms with Crippen LogP contribution in [0, 0.1) is 13.7 Å². The molecule has 1 heterocycles. The van der Waals surface area contributed by atoms with Gasteiger partial charge >= 0.3 is 0 Å². The van der Waals surface area contributed by atoms with Gasteiger partial charge < -0.3 is 9.88 Å². The molecule has 0 fully saturated rings. The van der Waals surface area contributed by atoms with Crippen molar-refractivity contribution in [3.63, 3.8) is 0 Å². The maximum Gasteiger partial charge on any atom is 0.293 e. The number of nitrogens with one attached hydrogen (secondary N) is 1. The Hall–Kier alpha value is -1.64. The molecular formula is C12H13IN4O2. The lowest BCUT2D eigenvalue weighted by Crippen LogP contribution is -2.09. The van der Waals surface area contributed by atoms with Crippen LogP contribution < -0.4 is 5.32 Å². The Labute approximate surface area is 124 Å². The van der Waals surface area contributed by atoms with Crippen LogP contribution in [-0.2, 0) is 13.5 Å². The summed E-state index contributed by atoms with van der Waals surface area (Å²) in [5, 5.41) is 14.1. The van der Waals surface area contributed by atoms with Gasteiger partial charge in [0.05, 0.1) is 4.92 Å². The standard InChI is InChI=1S/C12H13IN4O2/c1-16-7-6-15-12(16)4-5-14-10-3-2-9(13)8-11(10)17(18)19/h2-3,6-8,14H,4-5H2,1H3. The Balaban J connectivity index is 2.03. The molecule has 1 aromatic carbocycles. The van der Waals surface area contributed by atoms with Crippen LogP contribution in [0.25, 0.3) is 0 Å². The van der Waals surface area contributed by atoms with Crippen molar-refractivity contribution in [2.45, 2.75) is 6.42 Å². The SMILES string of the molecule is Cn1ccnc1CCNc1ccc(I)cc1[N+](=O)[O-]. The minimum atomic E-state index is -0.370. The number of hydrogen-bond acceptors (Lipinski definition) is 4. The minimum absolute atomic E-state index is 0.103. The smallest absolute Gasteiger partial charge is 0.293 e. The monoisotopic (exact) mass is 372 g/mol. The van der Waals surface area contributed by atoms with Gasteiger partial charge in [-0.15, -0.1) is 0 Å². The Bertz CT molecular complexity index is 597. The van der Waals surface area contributed by atoms with E-state index < -0.39 is 0 Å². The summed E-state index contributed by atoms with van der Waals surface area (Å²) < 4.78 is 2.78. The summed E-state index contributed by atoms with van der Waals surface area (Å²) in [6.45, 7) is 0.603. The average Bonchev–Trinajstić information content (AvgIpc) is 2.77. The highest BCUT2D eigenvalue weighted by Gasteiger charge is 2.13. The highest BCUT2D eigenvalue weighted by Crippen LogP contribution is 2.26. The second-order valence-electron chi connectivity index (χ2n) is 4.05. The van der Waals surface area contributed by atoms with Crippen LogP contribution in [0.1, 0.15) is 5.82 Å². The van der Waals surface area contributed by atoms with E-state index in [0.717, 1.165) is 9.39 Å². The minimum Gasteiger partial charge on any atom is -0.379 e. The second-order valence-corrected chi connectivity index (χ2v) is 5.30. The number of nitrogens with zero attached hydrogens (tertiary/aromatic N) is 3. The Morgan fingerprint density at radius 1 is 1.53 bits per heavy atom. The fraction of sp³-hybridized carbons (Fsp3) is 0.250. The van der Waals surface area contributed by atoms with E-state index >= 15 is 0 Å². The van der Waals surface area contributed by atoms with Crippen LogP contribution in [0.4, 0.5) is 11.4 Å². The summed E-state index contributed by atoms with van der Waals surface area (Å²) in [5.41, 5.74) is 0.645. The van der Waals surface area contributed by atoms with Crippen molar-refractivity contribution >= 4 is 34.0 Å². The molecule has 19 heavy (non-hydrogen) atoms. The molecule has 0 aliphatic carbocycles. The average molecular weight is 372 g/mol. The van der Waals surface area contributed by atoms with Crippen molar-refractivity contribution in [2.24, 2.45) is 7.05 Å². The summed E-state index contributed by atoms with van der Waals surface area (Å²) in [6, 6.07) is 5.14. The van der Waals surface area contributed by atoms with Gasteiger partial charge in [-0.3, -0.25) is 10.1 Å². The van der Waals surface area contributed by atoms with Gasteiger partial charge in [0.15, 0.2) is 0 Å². The molecule has 0 saturated carbocycles. The predicted octanol–water partition coefficient (Wildman–Crippen LogP) is 2.59. The molecule has 0 aliphatic rings. The third-order valence-electron chi connectivity index (χ3n) is 2.74. The van der Waals surface area contributed by atoms with Gasteiger partial charge in [0.2, 0.25) is 0 Å². The molecule has 1 N–H and O–H groups in total. The van der Waals surface area contributed by atoms with E-state index in [-0.39, 0.29) is 10.6 Å². The number of aromatic nitrogens is 2. The first-order chi connectivity index (χ1) is 9.08. The molecule has 0 amide bonds. The summed E-state index contributed by atoms with van der Waals surface area (Å²) in [5.74, 6) is 0.945. The number of hydrogen-bond donors (Lipinski definition) is 1. The number of aryl methyl sites for hydroxylation is 1. The molecule has 2 aromatic rings. The van der Waals surface area contributed by atoms with Crippen LogP contribution in [0.15, 0.2) is 30.6 Å². The Morgan fingerprint density at radius 2 is 2.32 bits per heavy atom.